The molecule has 0 amide bonds. The zero-order valence-corrected chi connectivity index (χ0v) is 27.1. The fraction of sp³-hybridized carbons (Fsp3) is 0.625. The minimum Gasteiger partial charge on any atom is -0.475 e. The Morgan fingerprint density at radius 2 is 1.93 bits per heavy atom. The summed E-state index contributed by atoms with van der Waals surface area (Å²) in [5.41, 5.74) is 9.52. The molecule has 5 aliphatic rings. The molecular formula is C32H39ClN8O2S. The van der Waals surface area contributed by atoms with Gasteiger partial charge in [-0.05, 0) is 90.4 Å². The molecule has 3 aliphatic carbocycles. The first-order valence-electron chi connectivity index (χ1n) is 16.0. The van der Waals surface area contributed by atoms with Gasteiger partial charge < -0.3 is 24.8 Å². The number of nitrogen functional groups attached to an aromatic ring is 1. The minimum atomic E-state index is -0.400. The molecule has 0 aromatic carbocycles. The summed E-state index contributed by atoms with van der Waals surface area (Å²) in [7, 11) is 4.36. The van der Waals surface area contributed by atoms with Crippen LogP contribution in [0.15, 0.2) is 4.52 Å². The largest absolute Gasteiger partial charge is 0.475 e. The fourth-order valence-corrected chi connectivity index (χ4v) is 9.76. The molecule has 10 nitrogen and oxygen atoms in total. The number of nitriles is 1. The molecule has 44 heavy (non-hydrogen) atoms. The van der Waals surface area contributed by atoms with E-state index in [0.717, 1.165) is 88.0 Å². The van der Waals surface area contributed by atoms with Crippen LogP contribution in [-0.4, -0.2) is 83.4 Å². The van der Waals surface area contributed by atoms with Crippen LogP contribution < -0.4 is 15.4 Å². The van der Waals surface area contributed by atoms with Crippen molar-refractivity contribution in [2.45, 2.75) is 81.2 Å². The summed E-state index contributed by atoms with van der Waals surface area (Å²) < 4.78 is 12.7. The van der Waals surface area contributed by atoms with E-state index in [9.17, 15) is 5.26 Å². The fourth-order valence-electron chi connectivity index (χ4n) is 8.34. The smallest absolute Gasteiger partial charge is 0.238 e. The molecule has 2 saturated heterocycles. The van der Waals surface area contributed by atoms with Crippen molar-refractivity contribution in [3.8, 4) is 23.5 Å². The lowest BCUT2D eigenvalue weighted by molar-refractivity contribution is 0.192. The lowest BCUT2D eigenvalue weighted by Gasteiger charge is -2.41. The van der Waals surface area contributed by atoms with E-state index in [-0.39, 0.29) is 5.54 Å². The van der Waals surface area contributed by atoms with E-state index >= 15 is 0 Å². The number of hydrogen-bond acceptors (Lipinski definition) is 11. The van der Waals surface area contributed by atoms with Gasteiger partial charge in [0, 0.05) is 41.7 Å². The molecule has 3 fully saturated rings. The van der Waals surface area contributed by atoms with Crippen LogP contribution in [0.25, 0.3) is 11.5 Å². The van der Waals surface area contributed by atoms with Crippen molar-refractivity contribution in [2.24, 2.45) is 0 Å². The summed E-state index contributed by atoms with van der Waals surface area (Å²) in [6, 6.07) is 2.74. The second kappa shape index (κ2) is 10.6. The maximum Gasteiger partial charge on any atom is 0.238 e. The van der Waals surface area contributed by atoms with Gasteiger partial charge in [0.1, 0.15) is 22.7 Å². The Kier molecular flexibility index (Phi) is 6.87. The standard InChI is InChI=1S/C32H39ClN8O2S/c1-39-13-5-6-19(39)17-42-30-24(33)29(41-15-14-40(2)31(18-41)11-12-31)36-28(37-30)25-20-7-3-9-32(26(20)43-38-25)10-4-8-22-23(32)21(16-34)27(35)44-22/h19H,3-15,17-18,35H2,1-2H3/t19-,32-/m0/s1. The molecule has 1 saturated carbocycles. The van der Waals surface area contributed by atoms with E-state index in [1.165, 1.54) is 24.1 Å². The Hall–Kier alpha value is -2.91. The van der Waals surface area contributed by atoms with Crippen molar-refractivity contribution in [1.29, 1.82) is 5.26 Å². The first-order chi connectivity index (χ1) is 21.3. The number of piperazine rings is 1. The highest BCUT2D eigenvalue weighted by molar-refractivity contribution is 7.16. The molecule has 5 heterocycles. The summed E-state index contributed by atoms with van der Waals surface area (Å²) >= 11 is 8.65. The average molecular weight is 635 g/mol. The number of anilines is 2. The van der Waals surface area contributed by atoms with E-state index in [2.05, 4.69) is 40.0 Å². The van der Waals surface area contributed by atoms with Crippen molar-refractivity contribution >= 4 is 33.8 Å². The number of nitrogens with two attached hydrogens (primary N) is 1. The van der Waals surface area contributed by atoms with Gasteiger partial charge in [-0.25, -0.2) is 4.98 Å². The number of likely N-dealkylation sites (tertiary alicyclic amines) is 1. The number of thiophene rings is 1. The van der Waals surface area contributed by atoms with E-state index in [1.807, 2.05) is 0 Å². The van der Waals surface area contributed by atoms with Gasteiger partial charge in [-0.15, -0.1) is 11.3 Å². The van der Waals surface area contributed by atoms with E-state index < -0.39 is 5.41 Å². The number of nitrogens with zero attached hydrogens (tertiary/aromatic N) is 7. The number of likely N-dealkylation sites (N-methyl/N-ethyl adjacent to an activating group) is 2. The normalized spacial score (nSPS) is 26.1. The monoisotopic (exact) mass is 634 g/mol. The van der Waals surface area contributed by atoms with Crippen LogP contribution in [0, 0.1) is 11.3 Å². The van der Waals surface area contributed by atoms with E-state index in [1.54, 1.807) is 11.3 Å². The molecule has 2 aliphatic heterocycles. The van der Waals surface area contributed by atoms with E-state index in [0.29, 0.717) is 51.5 Å². The van der Waals surface area contributed by atoms with Crippen molar-refractivity contribution in [3.63, 3.8) is 0 Å². The Balaban J connectivity index is 1.22. The highest BCUT2D eigenvalue weighted by Crippen LogP contribution is 2.55. The highest BCUT2D eigenvalue weighted by atomic mass is 35.5. The van der Waals surface area contributed by atoms with Gasteiger partial charge in [-0.2, -0.15) is 10.2 Å². The van der Waals surface area contributed by atoms with Crippen LogP contribution in [0.2, 0.25) is 5.02 Å². The second-order valence-electron chi connectivity index (χ2n) is 13.5. The van der Waals surface area contributed by atoms with Gasteiger partial charge in [-0.1, -0.05) is 16.8 Å². The molecular weight excluding hydrogens is 596 g/mol. The predicted molar refractivity (Wildman–Crippen MR) is 171 cm³/mol. The zero-order chi connectivity index (χ0) is 30.2. The zero-order valence-electron chi connectivity index (χ0n) is 25.5. The Bertz CT molecular complexity index is 1660. The molecule has 232 valence electrons. The Labute approximate surface area is 267 Å². The summed E-state index contributed by atoms with van der Waals surface area (Å²) in [4.78, 5) is 18.4. The summed E-state index contributed by atoms with van der Waals surface area (Å²) in [5, 5.41) is 15.8. The maximum atomic E-state index is 10.1. The molecule has 8 rings (SSSR count). The van der Waals surface area contributed by atoms with Gasteiger partial charge in [0.15, 0.2) is 23.1 Å². The lowest BCUT2D eigenvalue weighted by atomic mass is 9.63. The van der Waals surface area contributed by atoms with Gasteiger partial charge in [-0.3, -0.25) is 4.90 Å². The third-order valence-corrected chi connectivity index (χ3v) is 12.5. The van der Waals surface area contributed by atoms with Crippen LogP contribution in [0.4, 0.5) is 10.8 Å². The van der Waals surface area contributed by atoms with Crippen LogP contribution in [-0.2, 0) is 18.3 Å². The van der Waals surface area contributed by atoms with Crippen molar-refractivity contribution < 1.29 is 9.26 Å². The van der Waals surface area contributed by atoms with Crippen LogP contribution in [0.5, 0.6) is 5.88 Å². The second-order valence-corrected chi connectivity index (χ2v) is 15.0. The average Bonchev–Trinajstić information content (AvgIpc) is 3.30. The first kappa shape index (κ1) is 28.6. The molecule has 3 aromatic heterocycles. The van der Waals surface area contributed by atoms with Gasteiger partial charge in [0.05, 0.1) is 11.0 Å². The summed E-state index contributed by atoms with van der Waals surface area (Å²) in [6.07, 6.45) is 10.2. The molecule has 2 N–H and O–H groups in total. The van der Waals surface area contributed by atoms with Gasteiger partial charge in [0.2, 0.25) is 5.88 Å². The molecule has 0 bridgehead atoms. The maximum absolute atomic E-state index is 10.1. The Morgan fingerprint density at radius 1 is 1.11 bits per heavy atom. The SMILES string of the molecule is CN1CCC[C@H]1COc1nc(-c2noc3c2CCC[C@@]32CCCc3sc(N)c(C#N)c32)nc(N2CCN(C)C3(CC3)C2)c1Cl. The van der Waals surface area contributed by atoms with Gasteiger partial charge >= 0.3 is 0 Å². The van der Waals surface area contributed by atoms with E-state index in [4.69, 9.17) is 36.6 Å². The molecule has 12 heteroatoms. The third kappa shape index (κ3) is 4.36. The number of fused-ring (bicyclic) bond motifs is 4. The van der Waals surface area contributed by atoms with Crippen molar-refractivity contribution in [1.82, 2.24) is 24.9 Å². The lowest BCUT2D eigenvalue weighted by Crippen LogP contribution is -2.53. The number of hydrogen-bond donors (Lipinski definition) is 1. The van der Waals surface area contributed by atoms with Crippen LogP contribution >= 0.6 is 22.9 Å². The quantitative estimate of drug-likeness (QED) is 0.410. The number of rotatable bonds is 5. The minimum absolute atomic E-state index is 0.194. The first-order valence-corrected chi connectivity index (χ1v) is 17.2. The predicted octanol–water partition coefficient (Wildman–Crippen LogP) is 5.02. The summed E-state index contributed by atoms with van der Waals surface area (Å²) in [6.45, 7) is 4.26. The number of aromatic nitrogens is 3. The highest BCUT2D eigenvalue weighted by Gasteiger charge is 2.51. The molecule has 0 unspecified atom stereocenters. The number of ether oxygens (including phenoxy) is 1. The van der Waals surface area contributed by atoms with Crippen LogP contribution in [0.3, 0.4) is 0 Å². The Morgan fingerprint density at radius 3 is 2.68 bits per heavy atom. The number of aryl methyl sites for hydroxylation is 1. The van der Waals surface area contributed by atoms with Crippen molar-refractivity contribution in [2.75, 3.05) is 57.5 Å². The molecule has 2 atom stereocenters. The molecule has 2 spiro atoms. The van der Waals surface area contributed by atoms with Gasteiger partial charge in [0.25, 0.3) is 0 Å². The van der Waals surface area contributed by atoms with Crippen LogP contribution in [0.1, 0.15) is 78.7 Å². The summed E-state index contributed by atoms with van der Waals surface area (Å²) in [5.74, 6) is 2.47. The topological polar surface area (TPSA) is 121 Å². The molecule has 0 radical (unpaired) electrons. The number of halogens is 1. The molecule has 3 aromatic rings. The van der Waals surface area contributed by atoms with Crippen molar-refractivity contribution in [3.05, 3.63) is 32.4 Å². The third-order valence-electron chi connectivity index (χ3n) is 11.1.